The summed E-state index contributed by atoms with van der Waals surface area (Å²) in [4.78, 5) is 4.10. The Labute approximate surface area is 93.4 Å². The molecule has 1 heterocycles. The van der Waals surface area contributed by atoms with Crippen LogP contribution in [0.15, 0.2) is 28.5 Å². The van der Waals surface area contributed by atoms with E-state index in [9.17, 15) is 0 Å². The highest BCUT2D eigenvalue weighted by Crippen LogP contribution is 2.15. The lowest BCUT2D eigenvalue weighted by Gasteiger charge is -2.08. The molecule has 0 fully saturated rings. The van der Waals surface area contributed by atoms with Crippen molar-refractivity contribution < 1.29 is 0 Å². The van der Waals surface area contributed by atoms with Gasteiger partial charge in [0.15, 0.2) is 0 Å². The molecular formula is C11H15BrN2. The molecule has 1 aromatic heterocycles. The zero-order valence-electron chi connectivity index (χ0n) is 8.50. The second-order valence-corrected chi connectivity index (χ2v) is 4.43. The summed E-state index contributed by atoms with van der Waals surface area (Å²) in [5, 5.41) is 0. The number of nitrogens with two attached hydrogens (primary N) is 1. The van der Waals surface area contributed by atoms with Crippen molar-refractivity contribution in [1.29, 1.82) is 0 Å². The molecule has 76 valence electrons. The molecule has 0 aliphatic rings. The third kappa shape index (κ3) is 3.24. The fourth-order valence-corrected chi connectivity index (χ4v) is 1.57. The summed E-state index contributed by atoms with van der Waals surface area (Å²) in [6.45, 7) is 4.89. The van der Waals surface area contributed by atoms with E-state index >= 15 is 0 Å². The van der Waals surface area contributed by atoms with Gasteiger partial charge in [-0.1, -0.05) is 25.5 Å². The van der Waals surface area contributed by atoms with E-state index in [2.05, 4.69) is 40.8 Å². The molecule has 3 heteroatoms. The molecule has 0 aromatic carbocycles. The van der Waals surface area contributed by atoms with Crippen LogP contribution in [0.4, 0.5) is 0 Å². The second kappa shape index (κ2) is 5.27. The Morgan fingerprint density at radius 1 is 1.57 bits per heavy atom. The van der Waals surface area contributed by atoms with Gasteiger partial charge in [-0.3, -0.25) is 4.98 Å². The maximum absolute atomic E-state index is 5.66. The van der Waals surface area contributed by atoms with Crippen LogP contribution in [-0.4, -0.2) is 11.5 Å². The summed E-state index contributed by atoms with van der Waals surface area (Å²) < 4.78 is 0.992. The number of halogens is 1. The van der Waals surface area contributed by atoms with E-state index < -0.39 is 0 Å². The maximum atomic E-state index is 5.66. The van der Waals surface area contributed by atoms with Crippen LogP contribution in [0, 0.1) is 5.92 Å². The fraction of sp³-hybridized carbons (Fsp3) is 0.364. The lowest BCUT2D eigenvalue weighted by molar-refractivity contribution is 0.752. The van der Waals surface area contributed by atoms with Crippen LogP contribution in [0.1, 0.15) is 19.4 Å². The molecule has 1 rings (SSSR count). The lowest BCUT2D eigenvalue weighted by atomic mass is 10.0. The van der Waals surface area contributed by atoms with Crippen LogP contribution < -0.4 is 5.73 Å². The molecule has 0 saturated heterocycles. The normalized spacial score (nSPS) is 12.2. The van der Waals surface area contributed by atoms with Gasteiger partial charge in [0, 0.05) is 23.4 Å². The lowest BCUT2D eigenvalue weighted by Crippen LogP contribution is -2.08. The van der Waals surface area contributed by atoms with E-state index in [-0.39, 0.29) is 0 Å². The first-order valence-corrected chi connectivity index (χ1v) is 5.44. The van der Waals surface area contributed by atoms with E-state index in [1.165, 1.54) is 5.57 Å². The largest absolute Gasteiger partial charge is 0.327 e. The summed E-state index contributed by atoms with van der Waals surface area (Å²) >= 11 is 3.39. The van der Waals surface area contributed by atoms with Crippen molar-refractivity contribution in [3.8, 4) is 0 Å². The number of nitrogens with zero attached hydrogens (tertiary/aromatic N) is 1. The highest BCUT2D eigenvalue weighted by molar-refractivity contribution is 9.10. The molecular weight excluding hydrogens is 240 g/mol. The average molecular weight is 255 g/mol. The van der Waals surface area contributed by atoms with Gasteiger partial charge >= 0.3 is 0 Å². The molecule has 0 aliphatic carbocycles. The average Bonchev–Trinajstić information content (AvgIpc) is 2.14. The Morgan fingerprint density at radius 3 is 2.79 bits per heavy atom. The van der Waals surface area contributed by atoms with Crippen molar-refractivity contribution in [2.24, 2.45) is 11.7 Å². The number of hydrogen-bond acceptors (Lipinski definition) is 2. The van der Waals surface area contributed by atoms with Crippen molar-refractivity contribution in [3.05, 3.63) is 34.1 Å². The Bertz CT molecular complexity index is 332. The van der Waals surface area contributed by atoms with E-state index in [1.54, 1.807) is 6.20 Å². The van der Waals surface area contributed by atoms with Crippen molar-refractivity contribution in [2.45, 2.75) is 13.8 Å². The van der Waals surface area contributed by atoms with Gasteiger partial charge in [-0.2, -0.15) is 0 Å². The molecule has 1 aromatic rings. The predicted molar refractivity (Wildman–Crippen MR) is 63.8 cm³/mol. The molecule has 0 bridgehead atoms. The molecule has 0 amide bonds. The molecule has 0 atom stereocenters. The molecule has 2 nitrogen and oxygen atoms in total. The summed E-state index contributed by atoms with van der Waals surface area (Å²) in [7, 11) is 0. The number of hydrogen-bond donors (Lipinski definition) is 1. The summed E-state index contributed by atoms with van der Waals surface area (Å²) in [5.41, 5.74) is 7.99. The van der Waals surface area contributed by atoms with Crippen LogP contribution in [0.25, 0.3) is 6.08 Å². The van der Waals surface area contributed by atoms with Gasteiger partial charge in [-0.15, -0.1) is 0 Å². The van der Waals surface area contributed by atoms with Gasteiger partial charge in [0.1, 0.15) is 0 Å². The third-order valence-corrected chi connectivity index (χ3v) is 2.49. The standard InChI is InChI=1S/C11H15BrN2/c1-8(2)10(5-13)3-9-4-11(12)7-14-6-9/h3-4,6-8H,5,13H2,1-2H3/b10-3+. The summed E-state index contributed by atoms with van der Waals surface area (Å²) in [6.07, 6.45) is 5.71. The summed E-state index contributed by atoms with van der Waals surface area (Å²) in [5.74, 6) is 0.485. The molecule has 2 N–H and O–H groups in total. The molecule has 0 radical (unpaired) electrons. The van der Waals surface area contributed by atoms with Crippen molar-refractivity contribution in [3.63, 3.8) is 0 Å². The quantitative estimate of drug-likeness (QED) is 0.901. The number of aromatic nitrogens is 1. The smallest absolute Gasteiger partial charge is 0.0410 e. The van der Waals surface area contributed by atoms with Gasteiger partial charge in [0.05, 0.1) is 0 Å². The zero-order valence-corrected chi connectivity index (χ0v) is 10.1. The molecule has 0 spiro atoms. The van der Waals surface area contributed by atoms with Crippen molar-refractivity contribution in [1.82, 2.24) is 4.98 Å². The Kier molecular flexibility index (Phi) is 4.29. The van der Waals surface area contributed by atoms with Gasteiger partial charge in [-0.25, -0.2) is 0 Å². The monoisotopic (exact) mass is 254 g/mol. The first kappa shape index (κ1) is 11.4. The highest BCUT2D eigenvalue weighted by atomic mass is 79.9. The molecule has 0 unspecified atom stereocenters. The van der Waals surface area contributed by atoms with Crippen molar-refractivity contribution >= 4 is 22.0 Å². The van der Waals surface area contributed by atoms with Crippen LogP contribution in [-0.2, 0) is 0 Å². The van der Waals surface area contributed by atoms with E-state index in [0.29, 0.717) is 12.5 Å². The van der Waals surface area contributed by atoms with Crippen molar-refractivity contribution in [2.75, 3.05) is 6.54 Å². The second-order valence-electron chi connectivity index (χ2n) is 3.51. The first-order valence-electron chi connectivity index (χ1n) is 4.64. The van der Waals surface area contributed by atoms with Crippen LogP contribution in [0.5, 0.6) is 0 Å². The van der Waals surface area contributed by atoms with E-state index in [1.807, 2.05) is 12.3 Å². The van der Waals surface area contributed by atoms with Gasteiger partial charge in [0.25, 0.3) is 0 Å². The highest BCUT2D eigenvalue weighted by Gasteiger charge is 2.01. The van der Waals surface area contributed by atoms with E-state index in [0.717, 1.165) is 10.0 Å². The Balaban J connectivity index is 2.94. The Hall–Kier alpha value is -0.670. The zero-order chi connectivity index (χ0) is 10.6. The number of pyridine rings is 1. The minimum atomic E-state index is 0.485. The third-order valence-electron chi connectivity index (χ3n) is 2.06. The Morgan fingerprint density at radius 2 is 2.29 bits per heavy atom. The van der Waals surface area contributed by atoms with Crippen LogP contribution >= 0.6 is 15.9 Å². The predicted octanol–water partition coefficient (Wildman–Crippen LogP) is 2.84. The minimum Gasteiger partial charge on any atom is -0.327 e. The van der Waals surface area contributed by atoms with Gasteiger partial charge in [-0.05, 0) is 33.5 Å². The van der Waals surface area contributed by atoms with E-state index in [4.69, 9.17) is 5.73 Å². The number of rotatable bonds is 3. The SMILES string of the molecule is CC(C)/C(=C/c1cncc(Br)c1)CN. The van der Waals surface area contributed by atoms with Gasteiger partial charge < -0.3 is 5.73 Å². The molecule has 0 saturated carbocycles. The molecule has 14 heavy (non-hydrogen) atoms. The molecule has 0 aliphatic heterocycles. The van der Waals surface area contributed by atoms with Crippen LogP contribution in [0.2, 0.25) is 0 Å². The fourth-order valence-electron chi connectivity index (χ4n) is 1.18. The van der Waals surface area contributed by atoms with Crippen LogP contribution in [0.3, 0.4) is 0 Å². The topological polar surface area (TPSA) is 38.9 Å². The first-order chi connectivity index (χ1) is 6.63. The minimum absolute atomic E-state index is 0.485. The maximum Gasteiger partial charge on any atom is 0.0410 e. The summed E-state index contributed by atoms with van der Waals surface area (Å²) in [6, 6.07) is 2.03. The van der Waals surface area contributed by atoms with Gasteiger partial charge in [0.2, 0.25) is 0 Å².